The second-order valence-corrected chi connectivity index (χ2v) is 8.89. The molecule has 0 aromatic heterocycles. The molecule has 0 saturated heterocycles. The van der Waals surface area contributed by atoms with Crippen LogP contribution >= 0.6 is 0 Å². The molecule has 1 aliphatic carbocycles. The highest BCUT2D eigenvalue weighted by molar-refractivity contribution is 6.02. The maximum atomic E-state index is 13.8. The summed E-state index contributed by atoms with van der Waals surface area (Å²) in [5.74, 6) is -1.41. The Kier molecular flexibility index (Phi) is 7.36. The molecule has 2 unspecified atom stereocenters. The molecule has 1 aromatic rings. The summed E-state index contributed by atoms with van der Waals surface area (Å²) < 4.78 is 10.2. The Morgan fingerprint density at radius 3 is 2.45 bits per heavy atom. The van der Waals surface area contributed by atoms with Gasteiger partial charge in [0.05, 0.1) is 25.2 Å². The van der Waals surface area contributed by atoms with E-state index in [1.165, 1.54) is 7.11 Å². The van der Waals surface area contributed by atoms with E-state index in [0.29, 0.717) is 18.7 Å². The Labute approximate surface area is 184 Å². The monoisotopic (exact) mass is 430 g/mol. The van der Waals surface area contributed by atoms with Crippen LogP contribution in [0.3, 0.4) is 0 Å². The van der Waals surface area contributed by atoms with Gasteiger partial charge in [-0.05, 0) is 30.4 Å². The number of benzene rings is 1. The first kappa shape index (κ1) is 23.3. The second-order valence-electron chi connectivity index (χ2n) is 8.89. The van der Waals surface area contributed by atoms with Crippen LogP contribution in [0.5, 0.6) is 0 Å². The molecule has 1 spiro atoms. The Hall–Kier alpha value is -2.41. The van der Waals surface area contributed by atoms with Crippen molar-refractivity contribution < 1.29 is 23.9 Å². The molecule has 1 aliphatic heterocycles. The van der Waals surface area contributed by atoms with E-state index in [4.69, 9.17) is 9.47 Å². The zero-order valence-corrected chi connectivity index (χ0v) is 19.0. The number of hydrogen-bond donors (Lipinski definition) is 1. The molecule has 3 rings (SSSR count). The minimum atomic E-state index is -0.740. The first-order valence-electron chi connectivity index (χ1n) is 11.2. The van der Waals surface area contributed by atoms with E-state index in [1.54, 1.807) is 13.2 Å². The third-order valence-electron chi connectivity index (χ3n) is 6.74. The molecule has 1 fully saturated rings. The lowest BCUT2D eigenvalue weighted by Crippen LogP contribution is -2.64. The fraction of sp³-hybridized carbons (Fsp3) is 0.625. The van der Waals surface area contributed by atoms with Gasteiger partial charge in [0.25, 0.3) is 5.91 Å². The summed E-state index contributed by atoms with van der Waals surface area (Å²) in [6, 6.07) is 6.62. The van der Waals surface area contributed by atoms with Crippen molar-refractivity contribution in [1.29, 1.82) is 0 Å². The van der Waals surface area contributed by atoms with E-state index >= 15 is 0 Å². The number of hydrogen-bond acceptors (Lipinski definition) is 5. The molecule has 170 valence electrons. The van der Waals surface area contributed by atoms with E-state index < -0.39 is 23.5 Å². The molecule has 2 atom stereocenters. The second kappa shape index (κ2) is 9.81. The standard InChI is InChI=1S/C24H34N2O5/c1-16(2)20(23(29)31-4)25-21(27)19-17-10-6-7-11-18(17)22(28)26(14-15-30-3)24(19)12-8-5-9-13-24/h6-7,10-11,16,19-20H,5,8-9,12-15H2,1-4H3,(H,25,27). The van der Waals surface area contributed by atoms with Crippen LogP contribution in [-0.4, -0.2) is 61.6 Å². The predicted molar refractivity (Wildman–Crippen MR) is 117 cm³/mol. The van der Waals surface area contributed by atoms with Crippen LogP contribution in [0.2, 0.25) is 0 Å². The van der Waals surface area contributed by atoms with Gasteiger partial charge in [-0.2, -0.15) is 0 Å². The molecule has 0 radical (unpaired) electrons. The molecule has 7 heteroatoms. The lowest BCUT2D eigenvalue weighted by Gasteiger charge is -2.53. The summed E-state index contributed by atoms with van der Waals surface area (Å²) in [5, 5.41) is 2.96. The summed E-state index contributed by atoms with van der Waals surface area (Å²) in [6.45, 7) is 4.59. The predicted octanol–water partition coefficient (Wildman–Crippen LogP) is 2.89. The molecular formula is C24H34N2O5. The van der Waals surface area contributed by atoms with E-state index in [-0.39, 0.29) is 17.7 Å². The molecule has 0 bridgehead atoms. The number of ether oxygens (including phenoxy) is 2. The van der Waals surface area contributed by atoms with Crippen LogP contribution in [-0.2, 0) is 19.1 Å². The number of esters is 1. The van der Waals surface area contributed by atoms with Crippen LogP contribution in [0, 0.1) is 5.92 Å². The van der Waals surface area contributed by atoms with Gasteiger partial charge in [-0.15, -0.1) is 0 Å². The molecule has 1 saturated carbocycles. The molecule has 31 heavy (non-hydrogen) atoms. The number of nitrogens with zero attached hydrogens (tertiary/aromatic N) is 1. The molecule has 1 aromatic carbocycles. The number of carbonyl (C=O) groups excluding carboxylic acids is 3. The van der Waals surface area contributed by atoms with Gasteiger partial charge < -0.3 is 19.7 Å². The smallest absolute Gasteiger partial charge is 0.328 e. The van der Waals surface area contributed by atoms with E-state index in [0.717, 1.165) is 37.7 Å². The number of fused-ring (bicyclic) bond motifs is 1. The highest BCUT2D eigenvalue weighted by atomic mass is 16.5. The quantitative estimate of drug-likeness (QED) is 0.673. The SMILES string of the molecule is COCCN1C(=O)c2ccccc2C(C(=O)NC(C(=O)OC)C(C)C)C12CCCCC2. The molecule has 7 nitrogen and oxygen atoms in total. The molecular weight excluding hydrogens is 396 g/mol. The van der Waals surface area contributed by atoms with Crippen molar-refractivity contribution in [2.24, 2.45) is 5.92 Å². The maximum Gasteiger partial charge on any atom is 0.328 e. The average Bonchev–Trinajstić information content (AvgIpc) is 2.77. The number of nitrogens with one attached hydrogen (secondary N) is 1. The fourth-order valence-corrected chi connectivity index (χ4v) is 5.21. The summed E-state index contributed by atoms with van der Waals surface area (Å²) in [4.78, 5) is 41.5. The minimum absolute atomic E-state index is 0.0491. The minimum Gasteiger partial charge on any atom is -0.467 e. The third kappa shape index (κ3) is 4.33. The fourth-order valence-electron chi connectivity index (χ4n) is 5.21. The van der Waals surface area contributed by atoms with Crippen LogP contribution in [0.25, 0.3) is 0 Å². The zero-order valence-electron chi connectivity index (χ0n) is 19.0. The van der Waals surface area contributed by atoms with Gasteiger partial charge >= 0.3 is 5.97 Å². The van der Waals surface area contributed by atoms with Gasteiger partial charge in [-0.1, -0.05) is 51.3 Å². The highest BCUT2D eigenvalue weighted by Gasteiger charge is 2.54. The Morgan fingerprint density at radius 1 is 1.16 bits per heavy atom. The number of carbonyl (C=O) groups is 3. The first-order chi connectivity index (χ1) is 14.9. The topological polar surface area (TPSA) is 84.9 Å². The summed E-state index contributed by atoms with van der Waals surface area (Å²) in [5.41, 5.74) is 0.672. The van der Waals surface area contributed by atoms with Crippen LogP contribution in [0.15, 0.2) is 24.3 Å². The highest BCUT2D eigenvalue weighted by Crippen LogP contribution is 2.49. The van der Waals surface area contributed by atoms with Crippen molar-refractivity contribution in [3.8, 4) is 0 Å². The van der Waals surface area contributed by atoms with Crippen LogP contribution in [0.4, 0.5) is 0 Å². The largest absolute Gasteiger partial charge is 0.467 e. The van der Waals surface area contributed by atoms with Gasteiger partial charge in [-0.25, -0.2) is 4.79 Å². The van der Waals surface area contributed by atoms with Gasteiger partial charge in [-0.3, -0.25) is 9.59 Å². The zero-order chi connectivity index (χ0) is 22.6. The van der Waals surface area contributed by atoms with E-state index in [2.05, 4.69) is 5.32 Å². The molecule has 1 heterocycles. The molecule has 2 aliphatic rings. The Balaban J connectivity index is 2.09. The molecule has 1 N–H and O–H groups in total. The Morgan fingerprint density at radius 2 is 1.84 bits per heavy atom. The van der Waals surface area contributed by atoms with E-state index in [9.17, 15) is 14.4 Å². The summed E-state index contributed by atoms with van der Waals surface area (Å²) in [6.07, 6.45) is 4.49. The lowest BCUT2D eigenvalue weighted by atomic mass is 9.65. The van der Waals surface area contributed by atoms with Gasteiger partial charge in [0.1, 0.15) is 6.04 Å². The van der Waals surface area contributed by atoms with E-state index in [1.807, 2.05) is 36.9 Å². The summed E-state index contributed by atoms with van der Waals surface area (Å²) >= 11 is 0. The van der Waals surface area contributed by atoms with Crippen LogP contribution in [0.1, 0.15) is 67.8 Å². The van der Waals surface area contributed by atoms with Crippen molar-refractivity contribution in [1.82, 2.24) is 10.2 Å². The number of rotatable bonds is 7. The summed E-state index contributed by atoms with van der Waals surface area (Å²) in [7, 11) is 2.94. The number of amides is 2. The van der Waals surface area contributed by atoms with Crippen molar-refractivity contribution in [2.45, 2.75) is 63.5 Å². The third-order valence-corrected chi connectivity index (χ3v) is 6.74. The van der Waals surface area contributed by atoms with Crippen LogP contribution < -0.4 is 5.32 Å². The maximum absolute atomic E-state index is 13.8. The van der Waals surface area contributed by atoms with Gasteiger partial charge in [0.15, 0.2) is 0 Å². The number of methoxy groups -OCH3 is 2. The molecule has 2 amide bonds. The van der Waals surface area contributed by atoms with Crippen molar-refractivity contribution in [3.63, 3.8) is 0 Å². The lowest BCUT2D eigenvalue weighted by molar-refractivity contribution is -0.147. The average molecular weight is 431 g/mol. The van der Waals surface area contributed by atoms with Crippen molar-refractivity contribution >= 4 is 17.8 Å². The first-order valence-corrected chi connectivity index (χ1v) is 11.2. The van der Waals surface area contributed by atoms with Crippen molar-refractivity contribution in [3.05, 3.63) is 35.4 Å². The van der Waals surface area contributed by atoms with Gasteiger partial charge in [0.2, 0.25) is 5.91 Å². The normalized spacial score (nSPS) is 21.0. The van der Waals surface area contributed by atoms with Crippen molar-refractivity contribution in [2.75, 3.05) is 27.4 Å². The Bertz CT molecular complexity index is 816. The van der Waals surface area contributed by atoms with Gasteiger partial charge in [0, 0.05) is 19.2 Å².